The summed E-state index contributed by atoms with van der Waals surface area (Å²) < 4.78 is 0.646. The van der Waals surface area contributed by atoms with E-state index < -0.39 is 0 Å². The number of hydrogen-bond donors (Lipinski definition) is 1. The van der Waals surface area contributed by atoms with Gasteiger partial charge < -0.3 is 14.9 Å². The lowest BCUT2D eigenvalue weighted by molar-refractivity contribution is 0.0784. The average Bonchev–Trinajstić information content (AvgIpc) is 3.06. The largest absolute Gasteiger partial charge is 0.396 e. The monoisotopic (exact) mass is 356 g/mol. The van der Waals surface area contributed by atoms with Crippen molar-refractivity contribution in [2.75, 3.05) is 39.3 Å². The number of nitrogens with zero attached hydrogens (tertiary/aromatic N) is 2. The van der Waals surface area contributed by atoms with E-state index in [2.05, 4.69) is 4.90 Å². The number of aliphatic hydroxyl groups is 1. The fraction of sp³-hybridized carbons (Fsp3) is 0.706. The van der Waals surface area contributed by atoms with Gasteiger partial charge in [-0.15, -0.1) is 11.3 Å². The van der Waals surface area contributed by atoms with Crippen molar-refractivity contribution < 1.29 is 9.90 Å². The van der Waals surface area contributed by atoms with Gasteiger partial charge in [0, 0.05) is 32.2 Å². The molecule has 23 heavy (non-hydrogen) atoms. The van der Waals surface area contributed by atoms with Crippen LogP contribution in [0, 0.1) is 11.8 Å². The van der Waals surface area contributed by atoms with Crippen molar-refractivity contribution in [3.05, 3.63) is 21.3 Å². The molecule has 6 heteroatoms. The number of hydrogen-bond acceptors (Lipinski definition) is 4. The van der Waals surface area contributed by atoms with Crippen molar-refractivity contribution >= 4 is 28.8 Å². The molecule has 0 unspecified atom stereocenters. The topological polar surface area (TPSA) is 43.8 Å². The number of thiophene rings is 1. The molecule has 3 rings (SSSR count). The van der Waals surface area contributed by atoms with E-state index in [9.17, 15) is 9.90 Å². The predicted octanol–water partition coefficient (Wildman–Crippen LogP) is 2.96. The number of carbonyl (C=O) groups excluding carboxylic acids is 1. The Morgan fingerprint density at radius 2 is 1.87 bits per heavy atom. The molecule has 0 spiro atoms. The normalized spacial score (nSPS) is 26.4. The van der Waals surface area contributed by atoms with Gasteiger partial charge in [-0.25, -0.2) is 0 Å². The Morgan fingerprint density at radius 1 is 1.17 bits per heavy atom. The zero-order valence-corrected chi connectivity index (χ0v) is 15.0. The SMILES string of the molecule is O=C(c1ccc(Cl)s1)N1C[C@@H](CN2CCCCCC2)[C@@H](CO)C1. The van der Waals surface area contributed by atoms with Crippen LogP contribution in [0.3, 0.4) is 0 Å². The van der Waals surface area contributed by atoms with Gasteiger partial charge in [0.15, 0.2) is 0 Å². The van der Waals surface area contributed by atoms with E-state index in [0.717, 1.165) is 26.2 Å². The molecule has 4 nitrogen and oxygen atoms in total. The van der Waals surface area contributed by atoms with Crippen LogP contribution in [-0.4, -0.2) is 60.1 Å². The molecule has 2 aliphatic heterocycles. The minimum Gasteiger partial charge on any atom is -0.396 e. The summed E-state index contributed by atoms with van der Waals surface area (Å²) >= 11 is 7.27. The van der Waals surface area contributed by atoms with E-state index in [1.54, 1.807) is 12.1 Å². The molecule has 1 aromatic rings. The van der Waals surface area contributed by atoms with E-state index in [4.69, 9.17) is 11.6 Å². The first-order valence-corrected chi connectivity index (χ1v) is 9.74. The fourth-order valence-electron chi connectivity index (χ4n) is 3.75. The fourth-order valence-corrected chi connectivity index (χ4v) is 4.76. The Labute approximate surface area is 147 Å². The first-order valence-electron chi connectivity index (χ1n) is 8.55. The third kappa shape index (κ3) is 4.27. The average molecular weight is 357 g/mol. The molecule has 0 aromatic carbocycles. The van der Waals surface area contributed by atoms with Crippen molar-refractivity contribution in [2.45, 2.75) is 25.7 Å². The van der Waals surface area contributed by atoms with Crippen molar-refractivity contribution in [2.24, 2.45) is 11.8 Å². The van der Waals surface area contributed by atoms with E-state index >= 15 is 0 Å². The molecule has 1 N–H and O–H groups in total. The summed E-state index contributed by atoms with van der Waals surface area (Å²) in [5.41, 5.74) is 0. The predicted molar refractivity (Wildman–Crippen MR) is 94.2 cm³/mol. The van der Waals surface area contributed by atoms with Crippen LogP contribution in [-0.2, 0) is 0 Å². The molecule has 0 saturated carbocycles. The minimum atomic E-state index is 0.0544. The van der Waals surface area contributed by atoms with E-state index in [-0.39, 0.29) is 18.4 Å². The number of likely N-dealkylation sites (tertiary alicyclic amines) is 2. The molecule has 2 fully saturated rings. The van der Waals surface area contributed by atoms with Gasteiger partial charge in [-0.05, 0) is 44.0 Å². The molecular weight excluding hydrogens is 332 g/mol. The van der Waals surface area contributed by atoms with Gasteiger partial charge in [-0.1, -0.05) is 24.4 Å². The van der Waals surface area contributed by atoms with Crippen molar-refractivity contribution in [1.82, 2.24) is 9.80 Å². The lowest BCUT2D eigenvalue weighted by Crippen LogP contribution is -2.35. The van der Waals surface area contributed by atoms with Gasteiger partial charge >= 0.3 is 0 Å². The van der Waals surface area contributed by atoms with Crippen molar-refractivity contribution in [3.63, 3.8) is 0 Å². The van der Waals surface area contributed by atoms with Crippen molar-refractivity contribution in [3.8, 4) is 0 Å². The summed E-state index contributed by atoms with van der Waals surface area (Å²) in [5.74, 6) is 0.619. The van der Waals surface area contributed by atoms with Crippen LogP contribution < -0.4 is 0 Å². The zero-order valence-electron chi connectivity index (χ0n) is 13.4. The standard InChI is InChI=1S/C17H25ClN2O2S/c18-16-6-5-15(23-16)17(22)20-10-13(14(11-20)12-21)9-19-7-3-1-2-4-8-19/h5-6,13-14,21H,1-4,7-12H2/t13-,14-/m1/s1. The molecule has 2 atom stereocenters. The van der Waals surface area contributed by atoms with Crippen LogP contribution in [0.1, 0.15) is 35.4 Å². The second-order valence-electron chi connectivity index (χ2n) is 6.73. The maximum Gasteiger partial charge on any atom is 0.263 e. The third-order valence-corrected chi connectivity index (χ3v) is 6.29. The van der Waals surface area contributed by atoms with E-state index in [1.807, 2.05) is 4.90 Å². The Morgan fingerprint density at radius 3 is 2.48 bits per heavy atom. The number of amides is 1. The molecule has 128 valence electrons. The van der Waals surface area contributed by atoms with E-state index in [1.165, 1.54) is 37.0 Å². The first kappa shape index (κ1) is 17.2. The lowest BCUT2D eigenvalue weighted by atomic mass is 9.96. The number of aliphatic hydroxyl groups excluding tert-OH is 1. The summed E-state index contributed by atoms with van der Waals surface area (Å²) in [6, 6.07) is 3.57. The molecule has 1 aromatic heterocycles. The molecule has 2 aliphatic rings. The molecule has 0 bridgehead atoms. The summed E-state index contributed by atoms with van der Waals surface area (Å²) in [5, 5.41) is 9.72. The Hall–Kier alpha value is -0.620. The maximum absolute atomic E-state index is 12.6. The van der Waals surface area contributed by atoms with Crippen LogP contribution in [0.4, 0.5) is 0 Å². The summed E-state index contributed by atoms with van der Waals surface area (Å²) in [4.78, 5) is 17.7. The maximum atomic E-state index is 12.6. The van der Waals surface area contributed by atoms with Gasteiger partial charge in [-0.3, -0.25) is 4.79 Å². The van der Waals surface area contributed by atoms with Gasteiger partial charge in [-0.2, -0.15) is 0 Å². The van der Waals surface area contributed by atoms with Crippen LogP contribution in [0.25, 0.3) is 0 Å². The van der Waals surface area contributed by atoms with Gasteiger partial charge in [0.2, 0.25) is 0 Å². The number of carbonyl (C=O) groups is 1. The number of rotatable bonds is 4. The molecule has 0 aliphatic carbocycles. The molecule has 1 amide bonds. The Bertz CT molecular complexity index is 528. The zero-order chi connectivity index (χ0) is 16.2. The Balaban J connectivity index is 1.61. The first-order chi connectivity index (χ1) is 11.2. The van der Waals surface area contributed by atoms with Crippen LogP contribution in [0.5, 0.6) is 0 Å². The second-order valence-corrected chi connectivity index (χ2v) is 8.45. The molecular formula is C17H25ClN2O2S. The smallest absolute Gasteiger partial charge is 0.263 e. The molecule has 2 saturated heterocycles. The molecule has 3 heterocycles. The van der Waals surface area contributed by atoms with Crippen LogP contribution in [0.2, 0.25) is 4.34 Å². The minimum absolute atomic E-state index is 0.0544. The summed E-state index contributed by atoms with van der Waals surface area (Å²) in [7, 11) is 0. The second kappa shape index (κ2) is 7.97. The van der Waals surface area contributed by atoms with Gasteiger partial charge in [0.05, 0.1) is 9.21 Å². The summed E-state index contributed by atoms with van der Waals surface area (Å²) in [6.07, 6.45) is 5.20. The van der Waals surface area contributed by atoms with E-state index in [0.29, 0.717) is 21.7 Å². The van der Waals surface area contributed by atoms with Crippen LogP contribution >= 0.6 is 22.9 Å². The van der Waals surface area contributed by atoms with Gasteiger partial charge in [0.25, 0.3) is 5.91 Å². The van der Waals surface area contributed by atoms with Crippen LogP contribution in [0.15, 0.2) is 12.1 Å². The molecule has 0 radical (unpaired) electrons. The number of halogens is 1. The highest BCUT2D eigenvalue weighted by Gasteiger charge is 2.36. The van der Waals surface area contributed by atoms with Gasteiger partial charge in [0.1, 0.15) is 0 Å². The highest BCUT2D eigenvalue weighted by Crippen LogP contribution is 2.29. The lowest BCUT2D eigenvalue weighted by Gasteiger charge is -2.26. The highest BCUT2D eigenvalue weighted by atomic mass is 35.5. The quantitative estimate of drug-likeness (QED) is 0.902. The Kier molecular flexibility index (Phi) is 5.96. The summed E-state index contributed by atoms with van der Waals surface area (Å²) in [6.45, 7) is 4.87. The third-order valence-electron chi connectivity index (χ3n) is 5.07. The van der Waals surface area contributed by atoms with Crippen molar-refractivity contribution in [1.29, 1.82) is 0 Å². The highest BCUT2D eigenvalue weighted by molar-refractivity contribution is 7.17.